The van der Waals surface area contributed by atoms with E-state index in [-0.39, 0.29) is 12.0 Å². The van der Waals surface area contributed by atoms with Crippen LogP contribution in [0.2, 0.25) is 0 Å². The number of aromatic amines is 1. The van der Waals surface area contributed by atoms with Gasteiger partial charge in [0.2, 0.25) is 0 Å². The van der Waals surface area contributed by atoms with E-state index in [1.807, 2.05) is 0 Å². The molecule has 2 saturated heterocycles. The summed E-state index contributed by atoms with van der Waals surface area (Å²) in [5, 5.41) is 48.5. The highest BCUT2D eigenvalue weighted by Crippen LogP contribution is 2.61. The Labute approximate surface area is 201 Å². The number of rotatable bonds is 9. The molecule has 0 bridgehead atoms. The molecule has 2 aliphatic heterocycles. The first-order chi connectivity index (χ1) is 16.6. The van der Waals surface area contributed by atoms with Gasteiger partial charge in [0.15, 0.2) is 6.29 Å². The van der Waals surface area contributed by atoms with Crippen LogP contribution < -0.4 is 11.2 Å². The molecule has 0 saturated carbocycles. The minimum Gasteiger partial charge on any atom is -0.394 e. The van der Waals surface area contributed by atoms with Crippen LogP contribution in [0.1, 0.15) is 18.2 Å². The highest BCUT2D eigenvalue weighted by Gasteiger charge is 2.48. The summed E-state index contributed by atoms with van der Waals surface area (Å²) in [6.07, 6.45) is -12.2. The van der Waals surface area contributed by atoms with Crippen LogP contribution in [0.5, 0.6) is 0 Å². The SMILES string of the molecule is Cc1cn([C@H]2C[C@H](O)[C@@H](COP(=O)(O)OP(=O)(O)O[C@H]3O[C@H](CO)[C@H](O)[C@@H](O)[C@H]3O)O2)c(=O)[nH]c1=O. The summed E-state index contributed by atoms with van der Waals surface area (Å²) in [6.45, 7) is -0.305. The zero-order valence-corrected chi connectivity index (χ0v) is 20.3. The number of phosphoric ester groups is 2. The molecule has 20 heteroatoms. The second-order valence-corrected chi connectivity index (χ2v) is 11.0. The fourth-order valence-electron chi connectivity index (χ4n) is 3.46. The first-order valence-corrected chi connectivity index (χ1v) is 13.3. The van der Waals surface area contributed by atoms with Gasteiger partial charge in [0, 0.05) is 18.2 Å². The Morgan fingerprint density at radius 3 is 2.36 bits per heavy atom. The molecule has 2 unspecified atom stereocenters. The summed E-state index contributed by atoms with van der Waals surface area (Å²) in [4.78, 5) is 45.2. The summed E-state index contributed by atoms with van der Waals surface area (Å²) in [5.41, 5.74) is -1.27. The average molecular weight is 564 g/mol. The largest absolute Gasteiger partial charge is 0.483 e. The van der Waals surface area contributed by atoms with Gasteiger partial charge < -0.3 is 44.8 Å². The van der Waals surface area contributed by atoms with Crippen LogP contribution in [0.3, 0.4) is 0 Å². The minimum absolute atomic E-state index is 0.172. The van der Waals surface area contributed by atoms with Gasteiger partial charge in [-0.2, -0.15) is 4.31 Å². The second-order valence-electron chi connectivity index (χ2n) is 8.03. The molecule has 206 valence electrons. The van der Waals surface area contributed by atoms with Crippen molar-refractivity contribution in [3.05, 3.63) is 32.6 Å². The molecule has 36 heavy (non-hydrogen) atoms. The molecule has 0 amide bonds. The number of phosphoric acid groups is 2. The maximum absolute atomic E-state index is 12.2. The van der Waals surface area contributed by atoms with Gasteiger partial charge in [-0.15, -0.1) is 0 Å². The van der Waals surface area contributed by atoms with Crippen LogP contribution in [0, 0.1) is 6.92 Å². The van der Waals surface area contributed by atoms with E-state index in [4.69, 9.17) is 14.6 Å². The van der Waals surface area contributed by atoms with Crippen molar-refractivity contribution in [1.29, 1.82) is 0 Å². The molecule has 2 fully saturated rings. The number of aliphatic hydroxyl groups excluding tert-OH is 5. The first kappa shape index (κ1) is 29.2. The summed E-state index contributed by atoms with van der Waals surface area (Å²) in [5.74, 6) is 0. The van der Waals surface area contributed by atoms with E-state index < -0.39 is 89.2 Å². The van der Waals surface area contributed by atoms with Crippen LogP contribution in [0.15, 0.2) is 15.8 Å². The molecule has 8 N–H and O–H groups in total. The third kappa shape index (κ3) is 6.75. The van der Waals surface area contributed by atoms with Crippen LogP contribution in [-0.2, 0) is 32.0 Å². The number of hydrogen-bond acceptors (Lipinski definition) is 14. The summed E-state index contributed by atoms with van der Waals surface area (Å²) < 4.78 is 48.8. The fourth-order valence-corrected chi connectivity index (χ4v) is 5.62. The smallest absolute Gasteiger partial charge is 0.394 e. The maximum atomic E-state index is 12.2. The van der Waals surface area contributed by atoms with Crippen molar-refractivity contribution in [2.24, 2.45) is 0 Å². The average Bonchev–Trinajstić information content (AvgIpc) is 3.14. The number of hydrogen-bond donors (Lipinski definition) is 8. The molecular formula is C16H26N2O16P2. The Morgan fingerprint density at radius 2 is 1.72 bits per heavy atom. The molecule has 0 aliphatic carbocycles. The number of nitrogens with one attached hydrogen (secondary N) is 1. The Bertz CT molecular complexity index is 1140. The molecule has 3 heterocycles. The van der Waals surface area contributed by atoms with Gasteiger partial charge in [-0.05, 0) is 6.92 Å². The van der Waals surface area contributed by atoms with Crippen LogP contribution in [0.25, 0.3) is 0 Å². The van der Waals surface area contributed by atoms with E-state index in [9.17, 15) is 48.9 Å². The molecule has 2 aliphatic rings. The highest BCUT2D eigenvalue weighted by atomic mass is 31.3. The predicted octanol–water partition coefficient (Wildman–Crippen LogP) is -3.46. The summed E-state index contributed by atoms with van der Waals surface area (Å²) in [7, 11) is -10.9. The van der Waals surface area contributed by atoms with Gasteiger partial charge in [0.1, 0.15) is 36.7 Å². The zero-order valence-electron chi connectivity index (χ0n) is 18.5. The van der Waals surface area contributed by atoms with Gasteiger partial charge in [0.05, 0.1) is 19.3 Å². The summed E-state index contributed by atoms with van der Waals surface area (Å²) >= 11 is 0. The molecule has 18 nitrogen and oxygen atoms in total. The van der Waals surface area contributed by atoms with Crippen molar-refractivity contribution in [2.45, 2.75) is 62.5 Å². The fraction of sp³-hybridized carbons (Fsp3) is 0.750. The molecule has 0 spiro atoms. The van der Waals surface area contributed by atoms with Gasteiger partial charge >= 0.3 is 21.3 Å². The monoisotopic (exact) mass is 564 g/mol. The number of nitrogens with zero attached hydrogens (tertiary/aromatic N) is 1. The lowest BCUT2D eigenvalue weighted by Crippen LogP contribution is -2.58. The lowest BCUT2D eigenvalue weighted by Gasteiger charge is -2.39. The zero-order chi connectivity index (χ0) is 27.0. The van der Waals surface area contributed by atoms with E-state index in [1.165, 1.54) is 13.1 Å². The maximum Gasteiger partial charge on any atom is 0.483 e. The second kappa shape index (κ2) is 11.2. The first-order valence-electron chi connectivity index (χ1n) is 10.3. The molecule has 1 aromatic rings. The Balaban J connectivity index is 1.59. The molecule has 3 rings (SSSR count). The van der Waals surface area contributed by atoms with Crippen LogP contribution in [0.4, 0.5) is 0 Å². The van der Waals surface area contributed by atoms with Crippen molar-refractivity contribution in [1.82, 2.24) is 9.55 Å². The topological polar surface area (TPSA) is 277 Å². The highest BCUT2D eigenvalue weighted by molar-refractivity contribution is 7.61. The van der Waals surface area contributed by atoms with Crippen LogP contribution in [-0.4, -0.2) is 101 Å². The number of ether oxygens (including phenoxy) is 2. The van der Waals surface area contributed by atoms with Gasteiger partial charge in [0.25, 0.3) is 5.56 Å². The molecule has 1 aromatic heterocycles. The predicted molar refractivity (Wildman–Crippen MR) is 112 cm³/mol. The number of aliphatic hydroxyl groups is 5. The van der Waals surface area contributed by atoms with Crippen molar-refractivity contribution in [3.8, 4) is 0 Å². The van der Waals surface area contributed by atoms with E-state index >= 15 is 0 Å². The molecular weight excluding hydrogens is 538 g/mol. The van der Waals surface area contributed by atoms with Gasteiger partial charge in [-0.25, -0.2) is 13.9 Å². The van der Waals surface area contributed by atoms with Crippen molar-refractivity contribution >= 4 is 15.6 Å². The van der Waals surface area contributed by atoms with Gasteiger partial charge in [-0.1, -0.05) is 0 Å². The van der Waals surface area contributed by atoms with Gasteiger partial charge in [-0.3, -0.25) is 23.4 Å². The number of aryl methyl sites for hydroxylation is 1. The van der Waals surface area contributed by atoms with Crippen molar-refractivity contribution < 1.29 is 67.3 Å². The minimum atomic E-state index is -5.54. The van der Waals surface area contributed by atoms with E-state index in [0.717, 1.165) is 4.57 Å². The Kier molecular flexibility index (Phi) is 9.08. The standard InChI is InChI=1S/C16H26N2O16P2/c1-6-3-18(16(25)17-14(6)24)10-2-7(20)9(31-10)5-30-35(26,27)34-36(28,29)33-15-13(23)12(22)11(21)8(4-19)32-15/h3,7-13,15,19-23H,2,4-5H2,1H3,(H,26,27)(H,28,29)(H,17,24,25)/t7-,8+,9+,10+,11-,12+,13+,15+/m0/s1. The van der Waals surface area contributed by atoms with Crippen molar-refractivity contribution in [3.63, 3.8) is 0 Å². The third-order valence-electron chi connectivity index (χ3n) is 5.35. The quantitative estimate of drug-likeness (QED) is 0.135. The molecule has 0 aromatic carbocycles. The lowest BCUT2D eigenvalue weighted by atomic mass is 10.00. The Morgan fingerprint density at radius 1 is 1.06 bits per heavy atom. The van der Waals surface area contributed by atoms with E-state index in [1.54, 1.807) is 0 Å². The number of aromatic nitrogens is 2. The van der Waals surface area contributed by atoms with E-state index in [2.05, 4.69) is 18.3 Å². The normalized spacial score (nSPS) is 36.3. The van der Waals surface area contributed by atoms with E-state index in [0.29, 0.717) is 0 Å². The molecule has 10 atom stereocenters. The lowest BCUT2D eigenvalue weighted by molar-refractivity contribution is -0.280. The number of H-pyrrole nitrogens is 1. The molecule has 0 radical (unpaired) electrons. The Hall–Kier alpha value is -1.34. The third-order valence-corrected chi connectivity index (χ3v) is 7.95. The van der Waals surface area contributed by atoms with Crippen molar-refractivity contribution in [2.75, 3.05) is 13.2 Å². The van der Waals surface area contributed by atoms with Crippen LogP contribution >= 0.6 is 15.6 Å². The summed E-state index contributed by atoms with van der Waals surface area (Å²) in [6, 6.07) is 0.